The predicted octanol–water partition coefficient (Wildman–Crippen LogP) is 1.14. The standard InChI is InChI=1S/C16H23N3O2/c1-6-17-16(18-7-1)14-2-4-15(5-3-14)21-13-10-19-8-11-20-12-9-19/h2-5H,1,6-13H2,(H,17,18). The average Bonchev–Trinajstić information content (AvgIpc) is 2.57. The Labute approximate surface area is 126 Å². The molecule has 21 heavy (non-hydrogen) atoms. The first-order chi connectivity index (χ1) is 10.4. The van der Waals surface area contributed by atoms with Gasteiger partial charge < -0.3 is 14.8 Å². The zero-order chi connectivity index (χ0) is 14.3. The van der Waals surface area contributed by atoms with E-state index in [0.717, 1.165) is 76.1 Å². The van der Waals surface area contributed by atoms with Crippen LogP contribution in [-0.4, -0.2) is 63.3 Å². The fourth-order valence-electron chi connectivity index (χ4n) is 2.55. The van der Waals surface area contributed by atoms with E-state index in [0.29, 0.717) is 0 Å². The SMILES string of the molecule is c1cc(C2=NCCCN2)ccc1OCCN1CCOCC1. The van der Waals surface area contributed by atoms with Crippen LogP contribution >= 0.6 is 0 Å². The number of morpholine rings is 1. The summed E-state index contributed by atoms with van der Waals surface area (Å²) in [6.45, 7) is 7.30. The largest absolute Gasteiger partial charge is 0.492 e. The van der Waals surface area contributed by atoms with Gasteiger partial charge in [-0.1, -0.05) is 0 Å². The van der Waals surface area contributed by atoms with E-state index in [1.807, 2.05) is 12.1 Å². The highest BCUT2D eigenvalue weighted by molar-refractivity contribution is 5.99. The minimum atomic E-state index is 0.721. The van der Waals surface area contributed by atoms with E-state index in [1.165, 1.54) is 0 Å². The Kier molecular flexibility index (Phi) is 5.08. The summed E-state index contributed by atoms with van der Waals surface area (Å²) in [6.07, 6.45) is 1.12. The molecule has 0 aliphatic carbocycles. The number of rotatable bonds is 5. The second-order valence-corrected chi connectivity index (χ2v) is 5.34. The van der Waals surface area contributed by atoms with Crippen LogP contribution < -0.4 is 10.1 Å². The lowest BCUT2D eigenvalue weighted by molar-refractivity contribution is 0.0322. The number of benzene rings is 1. The molecule has 2 aliphatic rings. The third kappa shape index (κ3) is 4.19. The van der Waals surface area contributed by atoms with Crippen molar-refractivity contribution in [3.63, 3.8) is 0 Å². The Bertz CT molecular complexity index is 467. The maximum absolute atomic E-state index is 5.81. The van der Waals surface area contributed by atoms with Crippen LogP contribution in [0.25, 0.3) is 0 Å². The zero-order valence-corrected chi connectivity index (χ0v) is 12.4. The van der Waals surface area contributed by atoms with Crippen molar-refractivity contribution in [3.8, 4) is 5.75 Å². The summed E-state index contributed by atoms with van der Waals surface area (Å²) in [6, 6.07) is 8.18. The lowest BCUT2D eigenvalue weighted by atomic mass is 10.2. The van der Waals surface area contributed by atoms with Crippen LogP contribution in [0.4, 0.5) is 0 Å². The quantitative estimate of drug-likeness (QED) is 0.883. The van der Waals surface area contributed by atoms with Crippen LogP contribution in [0.5, 0.6) is 5.75 Å². The second-order valence-electron chi connectivity index (χ2n) is 5.34. The van der Waals surface area contributed by atoms with Crippen molar-refractivity contribution in [2.45, 2.75) is 6.42 Å². The van der Waals surface area contributed by atoms with E-state index >= 15 is 0 Å². The van der Waals surface area contributed by atoms with E-state index in [-0.39, 0.29) is 0 Å². The van der Waals surface area contributed by atoms with Crippen LogP contribution in [0.2, 0.25) is 0 Å². The lowest BCUT2D eigenvalue weighted by Gasteiger charge is -2.26. The second kappa shape index (κ2) is 7.43. The van der Waals surface area contributed by atoms with Gasteiger partial charge >= 0.3 is 0 Å². The topological polar surface area (TPSA) is 46.1 Å². The van der Waals surface area contributed by atoms with Crippen molar-refractivity contribution >= 4 is 5.84 Å². The molecule has 0 unspecified atom stereocenters. The number of hydrogen-bond acceptors (Lipinski definition) is 5. The molecule has 114 valence electrons. The molecule has 5 heteroatoms. The maximum atomic E-state index is 5.81. The van der Waals surface area contributed by atoms with Crippen LogP contribution in [-0.2, 0) is 4.74 Å². The number of nitrogens with zero attached hydrogens (tertiary/aromatic N) is 2. The molecule has 5 nitrogen and oxygen atoms in total. The minimum Gasteiger partial charge on any atom is -0.492 e. The van der Waals surface area contributed by atoms with Crippen molar-refractivity contribution in [2.24, 2.45) is 4.99 Å². The summed E-state index contributed by atoms with van der Waals surface area (Å²) >= 11 is 0. The van der Waals surface area contributed by atoms with Gasteiger partial charge in [-0.2, -0.15) is 0 Å². The van der Waals surface area contributed by atoms with Gasteiger partial charge in [0, 0.05) is 38.3 Å². The molecule has 0 radical (unpaired) electrons. The highest BCUT2D eigenvalue weighted by atomic mass is 16.5. The molecule has 0 amide bonds. The maximum Gasteiger partial charge on any atom is 0.128 e. The smallest absolute Gasteiger partial charge is 0.128 e. The first-order valence-electron chi connectivity index (χ1n) is 7.73. The van der Waals surface area contributed by atoms with Crippen molar-refractivity contribution in [1.82, 2.24) is 10.2 Å². The van der Waals surface area contributed by atoms with Gasteiger partial charge in [0.05, 0.1) is 13.2 Å². The van der Waals surface area contributed by atoms with Crippen LogP contribution in [0.1, 0.15) is 12.0 Å². The molecule has 0 saturated carbocycles. The van der Waals surface area contributed by atoms with Gasteiger partial charge in [-0.3, -0.25) is 9.89 Å². The Morgan fingerprint density at radius 1 is 1.19 bits per heavy atom. The van der Waals surface area contributed by atoms with E-state index in [1.54, 1.807) is 0 Å². The summed E-state index contributed by atoms with van der Waals surface area (Å²) in [5.41, 5.74) is 1.13. The molecule has 0 spiro atoms. The zero-order valence-electron chi connectivity index (χ0n) is 12.4. The van der Waals surface area contributed by atoms with Crippen molar-refractivity contribution < 1.29 is 9.47 Å². The summed E-state index contributed by atoms with van der Waals surface area (Å²) in [4.78, 5) is 6.87. The van der Waals surface area contributed by atoms with Crippen LogP contribution in [0.15, 0.2) is 29.3 Å². The number of nitrogens with one attached hydrogen (secondary N) is 1. The summed E-state index contributed by atoms with van der Waals surface area (Å²) < 4.78 is 11.1. The van der Waals surface area contributed by atoms with Crippen molar-refractivity contribution in [3.05, 3.63) is 29.8 Å². The van der Waals surface area contributed by atoms with Gasteiger partial charge in [0.25, 0.3) is 0 Å². The van der Waals surface area contributed by atoms with Gasteiger partial charge in [-0.25, -0.2) is 0 Å². The molecular weight excluding hydrogens is 266 g/mol. The van der Waals surface area contributed by atoms with E-state index in [2.05, 4.69) is 27.3 Å². The molecule has 0 atom stereocenters. The molecule has 1 N–H and O–H groups in total. The number of amidine groups is 1. The highest BCUT2D eigenvalue weighted by Gasteiger charge is 2.10. The van der Waals surface area contributed by atoms with Crippen LogP contribution in [0, 0.1) is 0 Å². The third-order valence-electron chi connectivity index (χ3n) is 3.80. The molecule has 0 bridgehead atoms. The molecule has 3 rings (SSSR count). The Hall–Kier alpha value is -1.59. The average molecular weight is 289 g/mol. The third-order valence-corrected chi connectivity index (χ3v) is 3.80. The summed E-state index contributed by atoms with van der Waals surface area (Å²) in [5, 5.41) is 3.33. The first kappa shape index (κ1) is 14.4. The highest BCUT2D eigenvalue weighted by Crippen LogP contribution is 2.13. The fourth-order valence-corrected chi connectivity index (χ4v) is 2.55. The van der Waals surface area contributed by atoms with Gasteiger partial charge in [0.2, 0.25) is 0 Å². The van der Waals surface area contributed by atoms with E-state index in [9.17, 15) is 0 Å². The van der Waals surface area contributed by atoms with Gasteiger partial charge in [-0.15, -0.1) is 0 Å². The van der Waals surface area contributed by atoms with E-state index in [4.69, 9.17) is 9.47 Å². The number of ether oxygens (including phenoxy) is 2. The molecular formula is C16H23N3O2. The molecule has 1 saturated heterocycles. The van der Waals surface area contributed by atoms with Gasteiger partial charge in [0.1, 0.15) is 18.2 Å². The molecule has 2 aliphatic heterocycles. The Balaban J connectivity index is 1.46. The van der Waals surface area contributed by atoms with Gasteiger partial charge in [-0.05, 0) is 30.7 Å². The van der Waals surface area contributed by atoms with Crippen LogP contribution in [0.3, 0.4) is 0 Å². The van der Waals surface area contributed by atoms with Crippen molar-refractivity contribution in [2.75, 3.05) is 52.5 Å². The molecule has 1 aromatic carbocycles. The number of aliphatic imine (C=N–C) groups is 1. The molecule has 1 aromatic rings. The molecule has 0 aromatic heterocycles. The Morgan fingerprint density at radius 3 is 2.71 bits per heavy atom. The van der Waals surface area contributed by atoms with E-state index < -0.39 is 0 Å². The monoisotopic (exact) mass is 289 g/mol. The number of hydrogen-bond donors (Lipinski definition) is 1. The van der Waals surface area contributed by atoms with Gasteiger partial charge in [0.15, 0.2) is 0 Å². The fraction of sp³-hybridized carbons (Fsp3) is 0.562. The predicted molar refractivity (Wildman–Crippen MR) is 83.2 cm³/mol. The minimum absolute atomic E-state index is 0.721. The lowest BCUT2D eigenvalue weighted by Crippen LogP contribution is -2.38. The molecule has 1 fully saturated rings. The Morgan fingerprint density at radius 2 is 2.00 bits per heavy atom. The van der Waals surface area contributed by atoms with Crippen molar-refractivity contribution in [1.29, 1.82) is 0 Å². The normalized spacial score (nSPS) is 19.7. The summed E-state index contributed by atoms with van der Waals surface area (Å²) in [7, 11) is 0. The first-order valence-corrected chi connectivity index (χ1v) is 7.73. The molecule has 2 heterocycles. The summed E-state index contributed by atoms with van der Waals surface area (Å²) in [5.74, 6) is 1.92.